The largest absolute Gasteiger partial charge is 0.493 e. The van der Waals surface area contributed by atoms with Crippen LogP contribution in [0.1, 0.15) is 23.6 Å². The lowest BCUT2D eigenvalue weighted by Crippen LogP contribution is -2.10. The van der Waals surface area contributed by atoms with Crippen LogP contribution in [0.5, 0.6) is 5.75 Å². The van der Waals surface area contributed by atoms with Crippen LogP contribution in [0.25, 0.3) is 0 Å². The minimum Gasteiger partial charge on any atom is -0.493 e. The second kappa shape index (κ2) is 5.33. The second-order valence-corrected chi connectivity index (χ2v) is 3.55. The van der Waals surface area contributed by atoms with E-state index in [1.807, 2.05) is 18.2 Å². The van der Waals surface area contributed by atoms with Gasteiger partial charge in [-0.05, 0) is 23.6 Å². The van der Waals surface area contributed by atoms with E-state index in [-0.39, 0.29) is 25.1 Å². The highest BCUT2D eigenvalue weighted by Crippen LogP contribution is 2.28. The molecule has 0 amide bonds. The van der Waals surface area contributed by atoms with Crippen LogP contribution in [-0.4, -0.2) is 13.3 Å². The van der Waals surface area contributed by atoms with E-state index < -0.39 is 0 Å². The average molecular weight is 232 g/mol. The van der Waals surface area contributed by atoms with Crippen molar-refractivity contribution in [1.29, 1.82) is 0 Å². The fourth-order valence-corrected chi connectivity index (χ4v) is 1.72. The summed E-state index contributed by atoms with van der Waals surface area (Å²) in [7, 11) is 0. The first-order valence-electron chi connectivity index (χ1n) is 4.88. The molecule has 1 atom stereocenters. The van der Waals surface area contributed by atoms with E-state index in [1.165, 1.54) is 5.56 Å². The molecule has 0 saturated heterocycles. The normalized spacial score (nSPS) is 15.1. The van der Waals surface area contributed by atoms with Crippen LogP contribution < -0.4 is 10.5 Å². The van der Waals surface area contributed by atoms with Crippen molar-refractivity contribution in [2.75, 3.05) is 13.3 Å². The summed E-state index contributed by atoms with van der Waals surface area (Å²) in [6.07, 6.45) is 1.32. The van der Waals surface area contributed by atoms with Gasteiger partial charge in [0.2, 0.25) is 0 Å². The molecule has 1 aliphatic rings. The summed E-state index contributed by atoms with van der Waals surface area (Å²) in [6, 6.07) is 5.69. The first kappa shape index (κ1) is 12.3. The number of benzene rings is 1. The molecule has 2 nitrogen and oxygen atoms in total. The average Bonchev–Trinajstić information content (AvgIpc) is 2.64. The van der Waals surface area contributed by atoms with E-state index >= 15 is 0 Å². The van der Waals surface area contributed by atoms with Gasteiger partial charge in [-0.15, -0.1) is 12.4 Å². The van der Waals surface area contributed by atoms with E-state index in [1.54, 1.807) is 0 Å². The summed E-state index contributed by atoms with van der Waals surface area (Å²) in [5.74, 6) is 0.946. The van der Waals surface area contributed by atoms with Crippen molar-refractivity contribution in [2.45, 2.75) is 18.9 Å². The molecule has 0 radical (unpaired) electrons. The highest BCUT2D eigenvalue weighted by Gasteiger charge is 2.14. The van der Waals surface area contributed by atoms with Gasteiger partial charge in [-0.2, -0.15) is 0 Å². The van der Waals surface area contributed by atoms with E-state index in [4.69, 9.17) is 10.5 Å². The molecule has 4 heteroatoms. The number of hydrogen-bond donors (Lipinski definition) is 1. The Bertz CT molecular complexity index is 332. The molecular formula is C11H15ClFNO. The van der Waals surface area contributed by atoms with Crippen LogP contribution >= 0.6 is 12.4 Å². The standard InChI is InChI=1S/C11H14FNO.ClH/c12-5-3-10(13)8-1-2-11-9(7-8)4-6-14-11;/h1-2,7,10H,3-6,13H2;1H/t10-;/m0./s1. The summed E-state index contributed by atoms with van der Waals surface area (Å²) in [5, 5.41) is 0. The van der Waals surface area contributed by atoms with Gasteiger partial charge >= 0.3 is 0 Å². The van der Waals surface area contributed by atoms with Crippen LogP contribution in [0.4, 0.5) is 4.39 Å². The third kappa shape index (κ3) is 2.61. The predicted octanol–water partition coefficient (Wildman–Crippen LogP) is 2.40. The zero-order chi connectivity index (χ0) is 9.97. The van der Waals surface area contributed by atoms with Gasteiger partial charge in [0.1, 0.15) is 5.75 Å². The number of hydrogen-bond acceptors (Lipinski definition) is 2. The Morgan fingerprint density at radius 3 is 3.00 bits per heavy atom. The monoisotopic (exact) mass is 231 g/mol. The number of rotatable bonds is 3. The number of fused-ring (bicyclic) bond motifs is 1. The Morgan fingerprint density at radius 1 is 1.47 bits per heavy atom. The molecule has 0 fully saturated rings. The summed E-state index contributed by atoms with van der Waals surface area (Å²) in [5.41, 5.74) is 8.02. The van der Waals surface area contributed by atoms with Gasteiger partial charge in [0.15, 0.2) is 0 Å². The Hall–Kier alpha value is -0.800. The van der Waals surface area contributed by atoms with Gasteiger partial charge in [0.25, 0.3) is 0 Å². The molecule has 1 aliphatic heterocycles. The zero-order valence-electron chi connectivity index (χ0n) is 8.41. The molecule has 1 heterocycles. The molecule has 2 N–H and O–H groups in total. The van der Waals surface area contributed by atoms with Crippen LogP contribution in [-0.2, 0) is 6.42 Å². The third-order valence-corrected chi connectivity index (χ3v) is 2.56. The Kier molecular flexibility index (Phi) is 4.36. The lowest BCUT2D eigenvalue weighted by atomic mass is 10.0. The number of nitrogens with two attached hydrogens (primary N) is 1. The highest BCUT2D eigenvalue weighted by molar-refractivity contribution is 5.85. The van der Waals surface area contributed by atoms with Crippen molar-refractivity contribution in [2.24, 2.45) is 5.73 Å². The van der Waals surface area contributed by atoms with Crippen molar-refractivity contribution in [1.82, 2.24) is 0 Å². The first-order valence-corrected chi connectivity index (χ1v) is 4.88. The van der Waals surface area contributed by atoms with Crippen LogP contribution in [0.2, 0.25) is 0 Å². The zero-order valence-corrected chi connectivity index (χ0v) is 9.23. The molecule has 0 saturated carbocycles. The Labute approximate surface area is 95.0 Å². The summed E-state index contributed by atoms with van der Waals surface area (Å²) in [6.45, 7) is 0.381. The van der Waals surface area contributed by atoms with Crippen molar-refractivity contribution in [3.05, 3.63) is 29.3 Å². The molecule has 1 aromatic carbocycles. The van der Waals surface area contributed by atoms with Crippen LogP contribution in [0.3, 0.4) is 0 Å². The fraction of sp³-hybridized carbons (Fsp3) is 0.455. The molecule has 1 aromatic rings. The van der Waals surface area contributed by atoms with Gasteiger partial charge in [-0.25, -0.2) is 0 Å². The van der Waals surface area contributed by atoms with E-state index in [9.17, 15) is 4.39 Å². The maximum atomic E-state index is 12.1. The SMILES string of the molecule is Cl.N[C@@H](CCF)c1ccc2c(c1)CCO2. The predicted molar refractivity (Wildman–Crippen MR) is 60.4 cm³/mol. The quantitative estimate of drug-likeness (QED) is 0.867. The third-order valence-electron chi connectivity index (χ3n) is 2.56. The Balaban J connectivity index is 0.00000112. The van der Waals surface area contributed by atoms with Crippen molar-refractivity contribution >= 4 is 12.4 Å². The van der Waals surface area contributed by atoms with E-state index in [0.717, 1.165) is 24.3 Å². The van der Waals surface area contributed by atoms with E-state index in [2.05, 4.69) is 0 Å². The molecule has 0 aliphatic carbocycles. The Morgan fingerprint density at radius 2 is 2.27 bits per heavy atom. The molecule has 2 rings (SSSR count). The minimum absolute atomic E-state index is 0. The maximum Gasteiger partial charge on any atom is 0.122 e. The lowest BCUT2D eigenvalue weighted by molar-refractivity contribution is 0.356. The highest BCUT2D eigenvalue weighted by atomic mass is 35.5. The molecule has 0 unspecified atom stereocenters. The number of ether oxygens (including phenoxy) is 1. The first-order chi connectivity index (χ1) is 6.81. The van der Waals surface area contributed by atoms with Crippen molar-refractivity contribution < 1.29 is 9.13 Å². The van der Waals surface area contributed by atoms with E-state index in [0.29, 0.717) is 6.42 Å². The van der Waals surface area contributed by atoms with Crippen molar-refractivity contribution in [3.8, 4) is 5.75 Å². The van der Waals surface area contributed by atoms with Crippen LogP contribution in [0, 0.1) is 0 Å². The summed E-state index contributed by atoms with van der Waals surface area (Å²) in [4.78, 5) is 0. The second-order valence-electron chi connectivity index (χ2n) is 3.55. The number of halogens is 2. The molecule has 84 valence electrons. The van der Waals surface area contributed by atoms with Gasteiger partial charge < -0.3 is 10.5 Å². The maximum absolute atomic E-state index is 12.1. The molecular weight excluding hydrogens is 217 g/mol. The van der Waals surface area contributed by atoms with Gasteiger partial charge in [-0.3, -0.25) is 4.39 Å². The van der Waals surface area contributed by atoms with Gasteiger partial charge in [0, 0.05) is 12.5 Å². The summed E-state index contributed by atoms with van der Waals surface area (Å²) >= 11 is 0. The van der Waals surface area contributed by atoms with Crippen molar-refractivity contribution in [3.63, 3.8) is 0 Å². The topological polar surface area (TPSA) is 35.2 Å². The lowest BCUT2D eigenvalue weighted by Gasteiger charge is -2.10. The molecule has 0 spiro atoms. The van der Waals surface area contributed by atoms with Gasteiger partial charge in [0.05, 0.1) is 13.3 Å². The van der Waals surface area contributed by atoms with Gasteiger partial charge in [-0.1, -0.05) is 12.1 Å². The number of alkyl halides is 1. The fourth-order valence-electron chi connectivity index (χ4n) is 1.72. The van der Waals surface area contributed by atoms with Crippen LogP contribution in [0.15, 0.2) is 18.2 Å². The minimum atomic E-state index is -0.366. The molecule has 0 aromatic heterocycles. The molecule has 15 heavy (non-hydrogen) atoms. The molecule has 0 bridgehead atoms. The smallest absolute Gasteiger partial charge is 0.122 e. The summed E-state index contributed by atoms with van der Waals surface area (Å²) < 4.78 is 17.5.